The lowest BCUT2D eigenvalue weighted by Gasteiger charge is -2.37. The SMILES string of the molecule is CCN(CC)CCC[C@]1(O)c2ccccc2CCC[C@H]1c1ccc(C)cc1. The van der Waals surface area contributed by atoms with Crippen LogP contribution >= 0.6 is 0 Å². The van der Waals surface area contributed by atoms with Gasteiger partial charge in [0.2, 0.25) is 0 Å². The van der Waals surface area contributed by atoms with Crippen molar-refractivity contribution in [3.8, 4) is 0 Å². The van der Waals surface area contributed by atoms with E-state index in [1.54, 1.807) is 0 Å². The van der Waals surface area contributed by atoms with Gasteiger partial charge in [0.15, 0.2) is 0 Å². The maximum atomic E-state index is 12.1. The smallest absolute Gasteiger partial charge is 0.0967 e. The Morgan fingerprint density at radius 1 is 1.04 bits per heavy atom. The third-order valence-corrected chi connectivity index (χ3v) is 6.41. The Labute approximate surface area is 165 Å². The van der Waals surface area contributed by atoms with E-state index in [-0.39, 0.29) is 5.92 Å². The van der Waals surface area contributed by atoms with Crippen molar-refractivity contribution in [3.63, 3.8) is 0 Å². The van der Waals surface area contributed by atoms with Crippen LogP contribution in [-0.2, 0) is 12.0 Å². The molecule has 1 aliphatic carbocycles. The highest BCUT2D eigenvalue weighted by molar-refractivity contribution is 5.39. The van der Waals surface area contributed by atoms with Crippen molar-refractivity contribution in [2.45, 2.75) is 64.4 Å². The summed E-state index contributed by atoms with van der Waals surface area (Å²) in [6, 6.07) is 17.4. The molecule has 0 unspecified atom stereocenters. The van der Waals surface area contributed by atoms with E-state index in [9.17, 15) is 5.11 Å². The van der Waals surface area contributed by atoms with Gasteiger partial charge in [0, 0.05) is 5.92 Å². The molecule has 2 aromatic carbocycles. The average Bonchev–Trinajstić information content (AvgIpc) is 2.83. The van der Waals surface area contributed by atoms with E-state index in [0.717, 1.165) is 57.3 Å². The molecule has 0 amide bonds. The molecule has 27 heavy (non-hydrogen) atoms. The molecule has 1 aliphatic rings. The number of hydrogen-bond acceptors (Lipinski definition) is 2. The van der Waals surface area contributed by atoms with E-state index < -0.39 is 5.60 Å². The molecule has 2 atom stereocenters. The zero-order valence-electron chi connectivity index (χ0n) is 17.2. The summed E-state index contributed by atoms with van der Waals surface area (Å²) in [5, 5.41) is 12.1. The Balaban J connectivity index is 1.94. The normalized spacial score (nSPS) is 22.5. The molecule has 0 aromatic heterocycles. The van der Waals surface area contributed by atoms with Crippen molar-refractivity contribution >= 4 is 0 Å². The van der Waals surface area contributed by atoms with Gasteiger partial charge >= 0.3 is 0 Å². The minimum Gasteiger partial charge on any atom is -0.385 e. The summed E-state index contributed by atoms with van der Waals surface area (Å²) in [6.07, 6.45) is 5.08. The summed E-state index contributed by atoms with van der Waals surface area (Å²) in [4.78, 5) is 2.45. The molecule has 0 aliphatic heterocycles. The number of benzene rings is 2. The minimum absolute atomic E-state index is 0.165. The monoisotopic (exact) mass is 365 g/mol. The quantitative estimate of drug-likeness (QED) is 0.662. The molecule has 0 bridgehead atoms. The van der Waals surface area contributed by atoms with Crippen molar-refractivity contribution in [1.82, 2.24) is 4.90 Å². The molecular formula is C25H35NO. The number of hydrogen-bond donors (Lipinski definition) is 1. The second-order valence-corrected chi connectivity index (χ2v) is 8.07. The molecule has 0 spiro atoms. The predicted octanol–water partition coefficient (Wildman–Crippen LogP) is 5.42. The molecule has 0 saturated heterocycles. The van der Waals surface area contributed by atoms with Crippen molar-refractivity contribution in [2.75, 3.05) is 19.6 Å². The summed E-state index contributed by atoms with van der Waals surface area (Å²) in [5.41, 5.74) is 4.26. The van der Waals surface area contributed by atoms with Gasteiger partial charge in [-0.1, -0.05) is 67.9 Å². The van der Waals surface area contributed by atoms with Crippen LogP contribution in [0, 0.1) is 6.92 Å². The first-order valence-corrected chi connectivity index (χ1v) is 10.7. The van der Waals surface area contributed by atoms with Crippen LogP contribution < -0.4 is 0 Å². The molecule has 2 nitrogen and oxygen atoms in total. The van der Waals surface area contributed by atoms with Crippen LogP contribution in [0.1, 0.15) is 67.7 Å². The van der Waals surface area contributed by atoms with Gasteiger partial charge in [-0.25, -0.2) is 0 Å². The Kier molecular flexibility index (Phi) is 6.73. The first-order valence-electron chi connectivity index (χ1n) is 10.7. The fourth-order valence-corrected chi connectivity index (χ4v) is 4.75. The van der Waals surface area contributed by atoms with Gasteiger partial charge in [-0.2, -0.15) is 0 Å². The van der Waals surface area contributed by atoms with Gasteiger partial charge in [0.05, 0.1) is 5.60 Å². The van der Waals surface area contributed by atoms with E-state index in [1.165, 1.54) is 16.7 Å². The van der Waals surface area contributed by atoms with Gasteiger partial charge in [0.1, 0.15) is 0 Å². The van der Waals surface area contributed by atoms with Crippen molar-refractivity contribution in [2.24, 2.45) is 0 Å². The van der Waals surface area contributed by atoms with Crippen LogP contribution in [-0.4, -0.2) is 29.6 Å². The molecule has 146 valence electrons. The molecule has 2 heteroatoms. The van der Waals surface area contributed by atoms with Gasteiger partial charge in [-0.05, 0) is 75.4 Å². The summed E-state index contributed by atoms with van der Waals surface area (Å²) in [7, 11) is 0. The third-order valence-electron chi connectivity index (χ3n) is 6.41. The maximum Gasteiger partial charge on any atom is 0.0967 e. The molecule has 3 rings (SSSR count). The highest BCUT2D eigenvalue weighted by Crippen LogP contribution is 2.47. The van der Waals surface area contributed by atoms with Crippen molar-refractivity contribution in [3.05, 3.63) is 70.8 Å². The lowest BCUT2D eigenvalue weighted by Crippen LogP contribution is -2.35. The zero-order chi connectivity index (χ0) is 19.3. The lowest BCUT2D eigenvalue weighted by atomic mass is 9.73. The van der Waals surface area contributed by atoms with Gasteiger partial charge in [0.25, 0.3) is 0 Å². The standard InChI is InChI=1S/C25H35NO/c1-4-26(5-2)19-9-18-25(27)23-12-7-6-10-21(23)11-8-13-24(25)22-16-14-20(3)15-17-22/h6-7,10,12,14-17,24,27H,4-5,8-9,11,13,18-19H2,1-3H3/t24-,25-/m0/s1. The highest BCUT2D eigenvalue weighted by Gasteiger charge is 2.41. The minimum atomic E-state index is -0.782. The third kappa shape index (κ3) is 4.44. The van der Waals surface area contributed by atoms with Crippen LogP contribution in [0.5, 0.6) is 0 Å². The Hall–Kier alpha value is -1.64. The van der Waals surface area contributed by atoms with Crippen molar-refractivity contribution in [1.29, 1.82) is 0 Å². The summed E-state index contributed by atoms with van der Waals surface area (Å²) >= 11 is 0. The van der Waals surface area contributed by atoms with E-state index in [2.05, 4.69) is 74.2 Å². The predicted molar refractivity (Wildman–Crippen MR) is 114 cm³/mol. The first-order chi connectivity index (χ1) is 13.1. The fourth-order valence-electron chi connectivity index (χ4n) is 4.75. The highest BCUT2D eigenvalue weighted by atomic mass is 16.3. The second kappa shape index (κ2) is 9.03. The molecule has 1 N–H and O–H groups in total. The van der Waals surface area contributed by atoms with Crippen LogP contribution in [0.15, 0.2) is 48.5 Å². The van der Waals surface area contributed by atoms with E-state index >= 15 is 0 Å². The number of aryl methyl sites for hydroxylation is 2. The maximum absolute atomic E-state index is 12.1. The van der Waals surface area contributed by atoms with E-state index in [4.69, 9.17) is 0 Å². The van der Waals surface area contributed by atoms with Crippen LogP contribution in [0.3, 0.4) is 0 Å². The molecule has 0 fully saturated rings. The van der Waals surface area contributed by atoms with Crippen molar-refractivity contribution < 1.29 is 5.11 Å². The summed E-state index contributed by atoms with van der Waals surface area (Å²) in [5.74, 6) is 0.165. The lowest BCUT2D eigenvalue weighted by molar-refractivity contribution is -0.00671. The molecule has 0 radical (unpaired) electrons. The number of nitrogens with zero attached hydrogens (tertiary/aromatic N) is 1. The molecule has 0 heterocycles. The molecule has 2 aromatic rings. The van der Waals surface area contributed by atoms with Crippen LogP contribution in [0.4, 0.5) is 0 Å². The van der Waals surface area contributed by atoms with Crippen LogP contribution in [0.2, 0.25) is 0 Å². The van der Waals surface area contributed by atoms with Gasteiger partial charge < -0.3 is 10.0 Å². The molecule has 0 saturated carbocycles. The van der Waals surface area contributed by atoms with E-state index in [1.807, 2.05) is 0 Å². The van der Waals surface area contributed by atoms with Crippen LogP contribution in [0.25, 0.3) is 0 Å². The number of fused-ring (bicyclic) bond motifs is 1. The largest absolute Gasteiger partial charge is 0.385 e. The zero-order valence-corrected chi connectivity index (χ0v) is 17.2. The average molecular weight is 366 g/mol. The Morgan fingerprint density at radius 2 is 1.74 bits per heavy atom. The number of aliphatic hydroxyl groups is 1. The molecular weight excluding hydrogens is 330 g/mol. The summed E-state index contributed by atoms with van der Waals surface area (Å²) in [6.45, 7) is 9.77. The topological polar surface area (TPSA) is 23.5 Å². The second-order valence-electron chi connectivity index (χ2n) is 8.07. The van der Waals surface area contributed by atoms with Gasteiger partial charge in [-0.3, -0.25) is 0 Å². The van der Waals surface area contributed by atoms with E-state index in [0.29, 0.717) is 0 Å². The summed E-state index contributed by atoms with van der Waals surface area (Å²) < 4.78 is 0. The number of rotatable bonds is 7. The van der Waals surface area contributed by atoms with Gasteiger partial charge in [-0.15, -0.1) is 0 Å². The Morgan fingerprint density at radius 3 is 2.44 bits per heavy atom. The Bertz CT molecular complexity index is 719. The fraction of sp³-hybridized carbons (Fsp3) is 0.520. The first kappa shape index (κ1) is 20.1.